The monoisotopic (exact) mass is 485 g/mol. The van der Waals surface area contributed by atoms with Crippen molar-refractivity contribution < 1.29 is 9.72 Å². The Labute approximate surface area is 205 Å². The predicted octanol–water partition coefficient (Wildman–Crippen LogP) is 7.12. The molecule has 0 amide bonds. The normalized spacial score (nSPS) is 10.5. The minimum atomic E-state index is -0.558. The van der Waals surface area contributed by atoms with Crippen LogP contribution in [0.3, 0.4) is 0 Å². The number of pyridine rings is 1. The van der Waals surface area contributed by atoms with Crippen molar-refractivity contribution in [1.82, 2.24) is 4.98 Å². The quantitative estimate of drug-likeness (QED) is 0.164. The van der Waals surface area contributed by atoms with Gasteiger partial charge in [-0.15, -0.1) is 0 Å². The number of nitro benzene ring substituents is 1. The van der Waals surface area contributed by atoms with Crippen molar-refractivity contribution in [3.8, 4) is 28.5 Å². The first kappa shape index (κ1) is 23.2. The highest BCUT2D eigenvalue weighted by molar-refractivity contribution is 7.99. The Bertz CT molecular complexity index is 1450. The summed E-state index contributed by atoms with van der Waals surface area (Å²) >= 11 is 7.17. The third-order valence-corrected chi connectivity index (χ3v) is 6.47. The highest BCUT2D eigenvalue weighted by Gasteiger charge is 2.19. The van der Waals surface area contributed by atoms with Crippen LogP contribution in [0.4, 0.5) is 5.69 Å². The molecule has 0 fully saturated rings. The van der Waals surface area contributed by atoms with Crippen molar-refractivity contribution in [1.29, 1.82) is 5.26 Å². The zero-order valence-electron chi connectivity index (χ0n) is 17.9. The van der Waals surface area contributed by atoms with E-state index in [1.54, 1.807) is 12.1 Å². The lowest BCUT2D eigenvalue weighted by Crippen LogP contribution is -1.97. The lowest BCUT2D eigenvalue weighted by Gasteiger charge is -2.13. The van der Waals surface area contributed by atoms with E-state index in [0.717, 1.165) is 28.5 Å². The molecule has 3 aromatic carbocycles. The summed E-state index contributed by atoms with van der Waals surface area (Å²) in [7, 11) is 0. The summed E-state index contributed by atoms with van der Waals surface area (Å²) < 4.78 is 0. The summed E-state index contributed by atoms with van der Waals surface area (Å²) in [5.74, 6) is 0. The van der Waals surface area contributed by atoms with Gasteiger partial charge in [0, 0.05) is 38.7 Å². The lowest BCUT2D eigenvalue weighted by molar-refractivity contribution is -0.384. The topological polar surface area (TPSA) is 96.9 Å². The number of aryl methyl sites for hydroxylation is 1. The molecule has 4 rings (SSSR count). The molecule has 0 unspecified atom stereocenters. The molecule has 0 atom stereocenters. The third-order valence-electron chi connectivity index (χ3n) is 5.14. The van der Waals surface area contributed by atoms with Crippen molar-refractivity contribution in [3.63, 3.8) is 0 Å². The molecule has 4 aromatic rings. The second-order valence-electron chi connectivity index (χ2n) is 7.42. The number of halogens is 1. The molecule has 0 aliphatic rings. The van der Waals surface area contributed by atoms with Crippen LogP contribution in [-0.4, -0.2) is 16.2 Å². The smallest absolute Gasteiger partial charge is 0.270 e. The number of aldehydes is 1. The predicted molar refractivity (Wildman–Crippen MR) is 132 cm³/mol. The van der Waals surface area contributed by atoms with Gasteiger partial charge >= 0.3 is 0 Å². The van der Waals surface area contributed by atoms with Crippen LogP contribution < -0.4 is 0 Å². The molecule has 0 saturated carbocycles. The van der Waals surface area contributed by atoms with E-state index in [1.165, 1.54) is 18.2 Å². The lowest BCUT2D eigenvalue weighted by atomic mass is 9.98. The fourth-order valence-corrected chi connectivity index (χ4v) is 4.47. The fourth-order valence-electron chi connectivity index (χ4n) is 3.37. The maximum atomic E-state index is 11.7. The standard InChI is InChI=1S/C26H16ClN3O3S/c1-16-2-4-17(5-3-16)22-13-24(18-6-8-20(27)9-7-18)29-26(23(22)14-28)34-25-11-10-21(30(32)33)12-19(25)15-31/h2-13,15H,1H3. The van der Waals surface area contributed by atoms with Gasteiger partial charge in [-0.3, -0.25) is 14.9 Å². The van der Waals surface area contributed by atoms with Crippen molar-refractivity contribution in [2.45, 2.75) is 16.8 Å². The average molecular weight is 486 g/mol. The molecular weight excluding hydrogens is 470 g/mol. The van der Waals surface area contributed by atoms with Crippen molar-refractivity contribution in [2.24, 2.45) is 0 Å². The zero-order chi connectivity index (χ0) is 24.2. The van der Waals surface area contributed by atoms with Crippen LogP contribution in [0.25, 0.3) is 22.4 Å². The Morgan fingerprint density at radius 3 is 2.32 bits per heavy atom. The first-order valence-electron chi connectivity index (χ1n) is 10.1. The number of nitriles is 1. The van der Waals surface area contributed by atoms with Gasteiger partial charge in [-0.1, -0.05) is 65.3 Å². The van der Waals surface area contributed by atoms with E-state index in [4.69, 9.17) is 16.6 Å². The van der Waals surface area contributed by atoms with Crippen LogP contribution in [0, 0.1) is 28.4 Å². The largest absolute Gasteiger partial charge is 0.298 e. The zero-order valence-corrected chi connectivity index (χ0v) is 19.4. The third kappa shape index (κ3) is 4.84. The summed E-state index contributed by atoms with van der Waals surface area (Å²) in [6.07, 6.45) is 0.561. The first-order chi connectivity index (χ1) is 16.4. The van der Waals surface area contributed by atoms with E-state index in [-0.39, 0.29) is 11.3 Å². The number of aromatic nitrogens is 1. The number of hydrogen-bond acceptors (Lipinski definition) is 6. The molecule has 0 bridgehead atoms. The van der Waals surface area contributed by atoms with Crippen molar-refractivity contribution in [2.75, 3.05) is 0 Å². The molecule has 0 aliphatic heterocycles. The van der Waals surface area contributed by atoms with Crippen molar-refractivity contribution in [3.05, 3.63) is 105 Å². The van der Waals surface area contributed by atoms with Gasteiger partial charge in [0.25, 0.3) is 5.69 Å². The van der Waals surface area contributed by atoms with E-state index in [9.17, 15) is 20.2 Å². The van der Waals surface area contributed by atoms with Gasteiger partial charge in [0.05, 0.1) is 16.2 Å². The summed E-state index contributed by atoms with van der Waals surface area (Å²) in [6, 6.07) is 23.1. The van der Waals surface area contributed by atoms with Crippen LogP contribution in [-0.2, 0) is 0 Å². The Hall–Kier alpha value is -3.99. The maximum Gasteiger partial charge on any atom is 0.270 e. The minimum Gasteiger partial charge on any atom is -0.298 e. The molecule has 0 radical (unpaired) electrons. The number of hydrogen-bond donors (Lipinski definition) is 0. The van der Waals surface area contributed by atoms with Crippen LogP contribution in [0.15, 0.2) is 82.7 Å². The Kier molecular flexibility index (Phi) is 6.73. The molecular formula is C26H16ClN3O3S. The van der Waals surface area contributed by atoms with Gasteiger partial charge in [-0.2, -0.15) is 5.26 Å². The molecule has 6 nitrogen and oxygen atoms in total. The number of carbonyl (C=O) groups is 1. The summed E-state index contributed by atoms with van der Waals surface area (Å²) in [5, 5.41) is 22.1. The molecule has 1 heterocycles. The van der Waals surface area contributed by atoms with Crippen molar-refractivity contribution >= 4 is 35.3 Å². The van der Waals surface area contributed by atoms with Gasteiger partial charge in [0.15, 0.2) is 6.29 Å². The highest BCUT2D eigenvalue weighted by Crippen LogP contribution is 2.38. The van der Waals surface area contributed by atoms with Gasteiger partial charge in [-0.05, 0) is 36.8 Å². The van der Waals surface area contributed by atoms with Gasteiger partial charge < -0.3 is 0 Å². The first-order valence-corrected chi connectivity index (χ1v) is 11.3. The Balaban J connectivity index is 1.91. The second-order valence-corrected chi connectivity index (χ2v) is 8.89. The number of non-ortho nitro benzene ring substituents is 1. The van der Waals surface area contributed by atoms with E-state index in [0.29, 0.717) is 38.1 Å². The van der Waals surface area contributed by atoms with Gasteiger partial charge in [0.2, 0.25) is 0 Å². The van der Waals surface area contributed by atoms with Gasteiger partial charge in [-0.25, -0.2) is 4.98 Å². The van der Waals surface area contributed by atoms with E-state index in [2.05, 4.69) is 6.07 Å². The van der Waals surface area contributed by atoms with E-state index in [1.807, 2.05) is 49.4 Å². The van der Waals surface area contributed by atoms with Crippen LogP contribution in [0.2, 0.25) is 5.02 Å². The minimum absolute atomic E-state index is 0.152. The molecule has 1 aromatic heterocycles. The maximum absolute atomic E-state index is 11.7. The molecule has 34 heavy (non-hydrogen) atoms. The average Bonchev–Trinajstić information content (AvgIpc) is 2.84. The summed E-state index contributed by atoms with van der Waals surface area (Å²) in [4.78, 5) is 27.4. The van der Waals surface area contributed by atoms with Crippen LogP contribution in [0.1, 0.15) is 21.5 Å². The van der Waals surface area contributed by atoms with Gasteiger partial charge in [0.1, 0.15) is 11.1 Å². The summed E-state index contributed by atoms with van der Waals surface area (Å²) in [6.45, 7) is 1.98. The Morgan fingerprint density at radius 1 is 1.03 bits per heavy atom. The van der Waals surface area contributed by atoms with Crippen LogP contribution >= 0.6 is 23.4 Å². The SMILES string of the molecule is Cc1ccc(-c2cc(-c3ccc(Cl)cc3)nc(Sc3ccc([N+](=O)[O-])cc3C=O)c2C#N)cc1. The molecule has 0 saturated heterocycles. The summed E-state index contributed by atoms with van der Waals surface area (Å²) in [5.41, 5.74) is 4.38. The molecule has 0 N–H and O–H groups in total. The number of carbonyl (C=O) groups excluding carboxylic acids is 1. The van der Waals surface area contributed by atoms with E-state index < -0.39 is 4.92 Å². The fraction of sp³-hybridized carbons (Fsp3) is 0.0385. The number of nitro groups is 1. The molecule has 0 spiro atoms. The molecule has 8 heteroatoms. The van der Waals surface area contributed by atoms with Crippen LogP contribution in [0.5, 0.6) is 0 Å². The number of rotatable bonds is 6. The number of nitrogens with zero attached hydrogens (tertiary/aromatic N) is 3. The Morgan fingerprint density at radius 2 is 1.71 bits per heavy atom. The van der Waals surface area contributed by atoms with E-state index >= 15 is 0 Å². The second kappa shape index (κ2) is 9.87. The molecule has 0 aliphatic carbocycles. The highest BCUT2D eigenvalue weighted by atomic mass is 35.5. The molecule has 166 valence electrons. The number of benzene rings is 3.